The van der Waals surface area contributed by atoms with Crippen LogP contribution in [0.25, 0.3) is 93.1 Å². The van der Waals surface area contributed by atoms with Crippen LogP contribution in [0.3, 0.4) is 0 Å². The second kappa shape index (κ2) is 10.1. The Bertz CT molecular complexity index is 2810. The van der Waals surface area contributed by atoms with Crippen LogP contribution in [0.5, 0.6) is 0 Å². The molecule has 0 radical (unpaired) electrons. The molecule has 2 heterocycles. The molecule has 218 valence electrons. The minimum Gasteiger partial charge on any atom is -0.309 e. The zero-order valence-electron chi connectivity index (χ0n) is 25.4. The summed E-state index contributed by atoms with van der Waals surface area (Å²) in [6, 6.07) is 55.0. The lowest BCUT2D eigenvalue weighted by Crippen LogP contribution is -1.93. The van der Waals surface area contributed by atoms with E-state index < -0.39 is 0 Å². The molecule has 3 heteroatoms. The molecule has 10 aromatic rings. The Kier molecular flexibility index (Phi) is 5.57. The highest BCUT2D eigenvalue weighted by Gasteiger charge is 2.16. The number of rotatable bonds is 3. The highest BCUT2D eigenvalue weighted by Crippen LogP contribution is 2.41. The highest BCUT2D eigenvalue weighted by atomic mass is 15.0. The Morgan fingerprint density at radius 2 is 0.851 bits per heavy atom. The lowest BCUT2D eigenvalue weighted by atomic mass is 9.90. The van der Waals surface area contributed by atoms with Crippen LogP contribution < -0.4 is 0 Å². The van der Waals surface area contributed by atoms with Crippen LogP contribution >= 0.6 is 0 Å². The monoisotopic (exact) mass is 597 g/mol. The van der Waals surface area contributed by atoms with Gasteiger partial charge < -0.3 is 4.57 Å². The minimum absolute atomic E-state index is 0.942. The van der Waals surface area contributed by atoms with E-state index in [1.165, 1.54) is 71.3 Å². The first kappa shape index (κ1) is 26.0. The van der Waals surface area contributed by atoms with E-state index in [0.29, 0.717) is 0 Å². The molecule has 10 rings (SSSR count). The Balaban J connectivity index is 1.18. The van der Waals surface area contributed by atoms with Gasteiger partial charge in [0.2, 0.25) is 0 Å². The van der Waals surface area contributed by atoms with E-state index in [9.17, 15) is 0 Å². The summed E-state index contributed by atoms with van der Waals surface area (Å²) in [4.78, 5) is 9.46. The van der Waals surface area contributed by atoms with Gasteiger partial charge in [0.05, 0.1) is 22.1 Å². The van der Waals surface area contributed by atoms with E-state index in [-0.39, 0.29) is 0 Å². The summed E-state index contributed by atoms with van der Waals surface area (Å²) in [6.45, 7) is 0. The second-order valence-electron chi connectivity index (χ2n) is 12.2. The maximum absolute atomic E-state index is 4.75. The zero-order valence-corrected chi connectivity index (χ0v) is 25.4. The van der Waals surface area contributed by atoms with Gasteiger partial charge in [0.15, 0.2) is 0 Å². The number of nitrogens with zero attached hydrogens (tertiary/aromatic N) is 3. The predicted octanol–water partition coefficient (Wildman–Crippen LogP) is 11.5. The predicted molar refractivity (Wildman–Crippen MR) is 197 cm³/mol. The zero-order chi connectivity index (χ0) is 30.9. The van der Waals surface area contributed by atoms with E-state index in [2.05, 4.69) is 156 Å². The van der Waals surface area contributed by atoms with Crippen LogP contribution in [0.4, 0.5) is 0 Å². The van der Waals surface area contributed by atoms with Crippen LogP contribution in [0.1, 0.15) is 0 Å². The lowest BCUT2D eigenvalue weighted by molar-refractivity contribution is 1.18. The molecule has 0 bridgehead atoms. The smallest absolute Gasteiger partial charge is 0.0971 e. The van der Waals surface area contributed by atoms with Crippen molar-refractivity contribution in [2.24, 2.45) is 0 Å². The van der Waals surface area contributed by atoms with Crippen molar-refractivity contribution in [2.45, 2.75) is 0 Å². The van der Waals surface area contributed by atoms with Gasteiger partial charge in [-0.3, -0.25) is 9.97 Å². The van der Waals surface area contributed by atoms with Crippen molar-refractivity contribution in [1.82, 2.24) is 14.5 Å². The number of hydrogen-bond donors (Lipinski definition) is 0. The van der Waals surface area contributed by atoms with E-state index in [1.807, 2.05) is 0 Å². The molecule has 0 aliphatic carbocycles. The van der Waals surface area contributed by atoms with Gasteiger partial charge in [-0.2, -0.15) is 0 Å². The minimum atomic E-state index is 0.942. The van der Waals surface area contributed by atoms with Gasteiger partial charge in [0.1, 0.15) is 0 Å². The van der Waals surface area contributed by atoms with Gasteiger partial charge in [0, 0.05) is 39.6 Å². The molecule has 3 nitrogen and oxygen atoms in total. The largest absolute Gasteiger partial charge is 0.309 e. The van der Waals surface area contributed by atoms with Crippen molar-refractivity contribution in [3.05, 3.63) is 164 Å². The van der Waals surface area contributed by atoms with Crippen LogP contribution in [0, 0.1) is 0 Å². The first-order valence-corrected chi connectivity index (χ1v) is 16.0. The first-order valence-electron chi connectivity index (χ1n) is 16.0. The summed E-state index contributed by atoms with van der Waals surface area (Å²) < 4.78 is 2.37. The maximum atomic E-state index is 4.75. The molecular formula is C44H27N3. The molecular weight excluding hydrogens is 571 g/mol. The number of hydrogen-bond acceptors (Lipinski definition) is 2. The van der Waals surface area contributed by atoms with Gasteiger partial charge in [-0.25, -0.2) is 0 Å². The van der Waals surface area contributed by atoms with Crippen molar-refractivity contribution in [2.75, 3.05) is 0 Å². The summed E-state index contributed by atoms with van der Waals surface area (Å²) in [5.41, 5.74) is 10.3. The van der Waals surface area contributed by atoms with Gasteiger partial charge in [-0.05, 0) is 80.2 Å². The molecule has 0 fully saturated rings. The highest BCUT2D eigenvalue weighted by molar-refractivity contribution is 6.24. The Hall–Kier alpha value is -6.32. The molecule has 0 saturated carbocycles. The Morgan fingerprint density at radius 1 is 0.340 bits per heavy atom. The Morgan fingerprint density at radius 3 is 1.55 bits per heavy atom. The van der Waals surface area contributed by atoms with E-state index in [0.717, 1.165) is 21.8 Å². The molecule has 47 heavy (non-hydrogen) atoms. The molecule has 0 aliphatic heterocycles. The average molecular weight is 598 g/mol. The molecule has 0 unspecified atom stereocenters. The van der Waals surface area contributed by atoms with Crippen molar-refractivity contribution < 1.29 is 0 Å². The van der Waals surface area contributed by atoms with E-state index in [4.69, 9.17) is 9.97 Å². The number of benzene rings is 8. The van der Waals surface area contributed by atoms with Crippen LogP contribution in [-0.4, -0.2) is 14.5 Å². The lowest BCUT2D eigenvalue weighted by Gasteiger charge is -2.14. The normalized spacial score (nSPS) is 11.8. The topological polar surface area (TPSA) is 30.7 Å². The molecule has 8 aromatic carbocycles. The first-order chi connectivity index (χ1) is 23.3. The average Bonchev–Trinajstić information content (AvgIpc) is 3.48. The summed E-state index contributed by atoms with van der Waals surface area (Å²) in [7, 11) is 0. The van der Waals surface area contributed by atoms with Crippen LogP contribution in [0.15, 0.2) is 164 Å². The van der Waals surface area contributed by atoms with Crippen molar-refractivity contribution in [1.29, 1.82) is 0 Å². The number of aromatic nitrogens is 3. The molecule has 0 atom stereocenters. The third-order valence-corrected chi connectivity index (χ3v) is 9.68. The third-order valence-electron chi connectivity index (χ3n) is 9.68. The van der Waals surface area contributed by atoms with Crippen LogP contribution in [-0.2, 0) is 0 Å². The molecule has 0 amide bonds. The van der Waals surface area contributed by atoms with E-state index >= 15 is 0 Å². The van der Waals surface area contributed by atoms with Crippen molar-refractivity contribution in [3.63, 3.8) is 0 Å². The summed E-state index contributed by atoms with van der Waals surface area (Å²) in [6.07, 6.45) is 3.56. The van der Waals surface area contributed by atoms with Crippen LogP contribution in [0.2, 0.25) is 0 Å². The van der Waals surface area contributed by atoms with Gasteiger partial charge >= 0.3 is 0 Å². The van der Waals surface area contributed by atoms with Gasteiger partial charge in [-0.1, -0.05) is 115 Å². The molecule has 2 aromatic heterocycles. The quantitative estimate of drug-likeness (QED) is 0.190. The van der Waals surface area contributed by atoms with E-state index in [1.54, 1.807) is 12.4 Å². The molecule has 0 saturated heterocycles. The standard InChI is InChI=1S/C44H27N3/c1-2-10-30(11-3-1)47-41-17-9-8-15-36(41)40-27-29(19-23-42(40)47)32-22-21-31(33-12-4-5-13-34(32)33)28-18-20-38-39(26-28)35-14-6-7-16-37(35)43-44(38)46-25-24-45-43/h1-27H. The van der Waals surface area contributed by atoms with Crippen molar-refractivity contribution >= 4 is 65.2 Å². The van der Waals surface area contributed by atoms with Crippen molar-refractivity contribution in [3.8, 4) is 27.9 Å². The SMILES string of the molecule is c1ccc(-n2c3ccccc3c3cc(-c4ccc(-c5ccc6c(c5)c5ccccc5c5nccnc65)c5ccccc45)ccc32)cc1. The fourth-order valence-electron chi connectivity index (χ4n) is 7.60. The van der Waals surface area contributed by atoms with Gasteiger partial charge in [-0.15, -0.1) is 0 Å². The number of para-hydroxylation sites is 2. The Labute approximate surface area is 271 Å². The summed E-state index contributed by atoms with van der Waals surface area (Å²) in [5.74, 6) is 0. The fraction of sp³-hybridized carbons (Fsp3) is 0. The summed E-state index contributed by atoms with van der Waals surface area (Å²) in [5, 5.41) is 9.64. The molecule has 0 spiro atoms. The molecule has 0 N–H and O–H groups in total. The molecule has 0 aliphatic rings. The second-order valence-corrected chi connectivity index (χ2v) is 12.2. The summed E-state index contributed by atoms with van der Waals surface area (Å²) >= 11 is 0. The number of fused-ring (bicyclic) bond motifs is 10. The van der Waals surface area contributed by atoms with Gasteiger partial charge in [0.25, 0.3) is 0 Å². The third kappa shape index (κ3) is 3.87. The fourth-order valence-corrected chi connectivity index (χ4v) is 7.60. The maximum Gasteiger partial charge on any atom is 0.0971 e.